The Labute approximate surface area is 249 Å². The summed E-state index contributed by atoms with van der Waals surface area (Å²) in [6.45, 7) is 0.0664. The lowest BCUT2D eigenvalue weighted by Crippen LogP contribution is -2.44. The van der Waals surface area contributed by atoms with Crippen LogP contribution in [0.1, 0.15) is 11.1 Å². The van der Waals surface area contributed by atoms with Crippen molar-refractivity contribution < 1.29 is 23.1 Å². The van der Waals surface area contributed by atoms with Gasteiger partial charge in [0.2, 0.25) is 0 Å². The predicted molar refractivity (Wildman–Crippen MR) is 160 cm³/mol. The zero-order valence-corrected chi connectivity index (χ0v) is 24.3. The number of fused-ring (bicyclic) bond motifs is 2. The van der Waals surface area contributed by atoms with Gasteiger partial charge < -0.3 is 15.0 Å². The minimum atomic E-state index is -0.879. The molecule has 0 bridgehead atoms. The van der Waals surface area contributed by atoms with E-state index in [1.54, 1.807) is 36.4 Å². The van der Waals surface area contributed by atoms with Crippen LogP contribution in [0, 0.1) is 11.6 Å². The number of halogens is 2. The number of hydrogen-bond donors (Lipinski definition) is 2. The number of nitrogens with one attached hydrogen (secondary N) is 2. The van der Waals surface area contributed by atoms with Crippen LogP contribution in [0.2, 0.25) is 0 Å². The minimum Gasteiger partial charge on any atom is -0.494 e. The van der Waals surface area contributed by atoms with E-state index >= 15 is 8.78 Å². The van der Waals surface area contributed by atoms with Crippen LogP contribution in [0.5, 0.6) is 5.75 Å². The summed E-state index contributed by atoms with van der Waals surface area (Å²) in [5.41, 5.74) is 3.93. The molecule has 2 amide bonds. The van der Waals surface area contributed by atoms with E-state index in [4.69, 9.17) is 4.74 Å². The number of benzene rings is 3. The lowest BCUT2D eigenvalue weighted by Gasteiger charge is -2.23. The van der Waals surface area contributed by atoms with Gasteiger partial charge in [-0.1, -0.05) is 30.3 Å². The number of carbonyl (C=O) groups is 1. The molecule has 1 aliphatic heterocycles. The van der Waals surface area contributed by atoms with E-state index in [9.17, 15) is 14.4 Å². The molecular formula is C31H28F2N6O5. The Bertz CT molecular complexity index is 2060. The Morgan fingerprint density at radius 2 is 1.73 bits per heavy atom. The zero-order chi connectivity index (χ0) is 31.3. The number of ether oxygens (including phenoxy) is 1. The van der Waals surface area contributed by atoms with Gasteiger partial charge in [0.15, 0.2) is 11.6 Å². The topological polar surface area (TPSA) is 111 Å². The fraction of sp³-hybridized carbons (Fsp3) is 0.194. The maximum Gasteiger partial charge on any atom is 0.351 e. The minimum absolute atomic E-state index is 0.137. The van der Waals surface area contributed by atoms with Crippen molar-refractivity contribution in [3.05, 3.63) is 104 Å². The molecule has 2 N–H and O–H groups in total. The van der Waals surface area contributed by atoms with Gasteiger partial charge in [-0.15, -0.1) is 0 Å². The Morgan fingerprint density at radius 3 is 2.41 bits per heavy atom. The van der Waals surface area contributed by atoms with Crippen molar-refractivity contribution in [2.75, 3.05) is 33.6 Å². The Kier molecular flexibility index (Phi) is 7.27. The SMILES string of the molecule is CONC(=O)Nc1ccc(-c2c(CN(C)C)c3c(=O)n(-c4cccc(OC)c4F)c(=O)n4n3c2-c2cccc(F)c2C4)cc1. The molecule has 0 saturated heterocycles. The van der Waals surface area contributed by atoms with E-state index in [2.05, 4.69) is 15.6 Å². The Balaban J connectivity index is 1.73. The zero-order valence-electron chi connectivity index (χ0n) is 24.3. The molecule has 0 unspecified atom stereocenters. The highest BCUT2D eigenvalue weighted by Crippen LogP contribution is 2.43. The van der Waals surface area contributed by atoms with Crippen LogP contribution >= 0.6 is 0 Å². The van der Waals surface area contributed by atoms with Gasteiger partial charge in [-0.2, -0.15) is 0 Å². The standard InChI is InChI=1S/C31H28F2N6O5/c1-36(2)15-21-25(17-11-13-18(14-12-17)34-30(41)35-44-4)27-19-7-5-8-22(32)20(19)16-37-31(42)38(29(40)28(21)39(27)37)23-9-6-10-24(43-3)26(23)33/h5-14H,15-16H2,1-4H3,(H2,34,35,41). The molecule has 44 heavy (non-hydrogen) atoms. The maximum absolute atomic E-state index is 15.6. The molecule has 2 aromatic heterocycles. The molecule has 0 spiro atoms. The van der Waals surface area contributed by atoms with Crippen LogP contribution < -0.4 is 26.8 Å². The lowest BCUT2D eigenvalue weighted by molar-refractivity contribution is 0.114. The van der Waals surface area contributed by atoms with E-state index in [1.807, 2.05) is 19.0 Å². The average molecular weight is 603 g/mol. The molecule has 6 rings (SSSR count). The number of hydrogen-bond acceptors (Lipinski definition) is 6. The smallest absolute Gasteiger partial charge is 0.351 e. The van der Waals surface area contributed by atoms with Gasteiger partial charge in [0.25, 0.3) is 5.56 Å². The molecule has 3 aromatic carbocycles. The Morgan fingerprint density at radius 1 is 1.00 bits per heavy atom. The molecule has 0 aliphatic carbocycles. The van der Waals surface area contributed by atoms with Gasteiger partial charge in [0.1, 0.15) is 11.3 Å². The van der Waals surface area contributed by atoms with Crippen molar-refractivity contribution in [2.24, 2.45) is 0 Å². The van der Waals surface area contributed by atoms with E-state index in [-0.39, 0.29) is 35.6 Å². The number of amides is 2. The highest BCUT2D eigenvalue weighted by molar-refractivity contribution is 5.93. The van der Waals surface area contributed by atoms with Crippen molar-refractivity contribution in [3.63, 3.8) is 0 Å². The summed E-state index contributed by atoms with van der Waals surface area (Å²) in [5, 5.41) is 2.64. The molecule has 3 heterocycles. The van der Waals surface area contributed by atoms with Gasteiger partial charge >= 0.3 is 11.7 Å². The molecule has 0 saturated carbocycles. The normalized spacial score (nSPS) is 12.0. The van der Waals surface area contributed by atoms with E-state index in [0.717, 1.165) is 4.57 Å². The number of carbonyl (C=O) groups excluding carboxylic acids is 1. The van der Waals surface area contributed by atoms with Crippen LogP contribution in [0.25, 0.3) is 33.6 Å². The quantitative estimate of drug-likeness (QED) is 0.268. The molecule has 0 atom stereocenters. The average Bonchev–Trinajstić information content (AvgIpc) is 3.32. The van der Waals surface area contributed by atoms with Crippen LogP contribution in [0.15, 0.2) is 70.3 Å². The number of anilines is 1. The third-order valence-corrected chi connectivity index (χ3v) is 7.49. The number of urea groups is 1. The number of aromatic nitrogens is 3. The van der Waals surface area contributed by atoms with Crippen molar-refractivity contribution >= 4 is 17.2 Å². The summed E-state index contributed by atoms with van der Waals surface area (Å²) < 4.78 is 39.6. The number of hydroxylamine groups is 1. The molecule has 0 fully saturated rings. The third-order valence-electron chi connectivity index (χ3n) is 7.49. The third kappa shape index (κ3) is 4.53. The molecular weight excluding hydrogens is 574 g/mol. The fourth-order valence-corrected chi connectivity index (χ4v) is 5.73. The number of rotatable bonds is 7. The second-order valence-electron chi connectivity index (χ2n) is 10.5. The molecule has 5 aromatic rings. The first kappa shape index (κ1) is 28.8. The lowest BCUT2D eigenvalue weighted by atomic mass is 9.94. The van der Waals surface area contributed by atoms with Gasteiger partial charge in [-0.05, 0) is 50.0 Å². The molecule has 11 nitrogen and oxygen atoms in total. The second kappa shape index (κ2) is 11.1. The summed E-state index contributed by atoms with van der Waals surface area (Å²) in [6, 6.07) is 15.1. The molecule has 1 aliphatic rings. The molecule has 226 valence electrons. The monoisotopic (exact) mass is 602 g/mol. The van der Waals surface area contributed by atoms with Crippen molar-refractivity contribution in [1.29, 1.82) is 0 Å². The summed E-state index contributed by atoms with van der Waals surface area (Å²) in [7, 11) is 6.26. The largest absolute Gasteiger partial charge is 0.494 e. The van der Waals surface area contributed by atoms with Crippen molar-refractivity contribution in [3.8, 4) is 33.8 Å². The highest BCUT2D eigenvalue weighted by Gasteiger charge is 2.33. The number of nitrogens with zero attached hydrogens (tertiary/aromatic N) is 4. The van der Waals surface area contributed by atoms with E-state index < -0.39 is 28.9 Å². The summed E-state index contributed by atoms with van der Waals surface area (Å²) >= 11 is 0. The van der Waals surface area contributed by atoms with Crippen LogP contribution in [0.3, 0.4) is 0 Å². The van der Waals surface area contributed by atoms with Crippen LogP contribution in [-0.4, -0.2) is 53.0 Å². The van der Waals surface area contributed by atoms with Crippen molar-refractivity contribution in [2.45, 2.75) is 13.1 Å². The summed E-state index contributed by atoms with van der Waals surface area (Å²) in [5.74, 6) is -1.54. The molecule has 13 heteroatoms. The maximum atomic E-state index is 15.6. The first-order chi connectivity index (χ1) is 21.2. The van der Waals surface area contributed by atoms with E-state index in [1.165, 1.54) is 47.7 Å². The highest BCUT2D eigenvalue weighted by atomic mass is 19.1. The van der Waals surface area contributed by atoms with Gasteiger partial charge in [0.05, 0.1) is 32.1 Å². The first-order valence-electron chi connectivity index (χ1n) is 13.6. The summed E-state index contributed by atoms with van der Waals surface area (Å²) in [4.78, 5) is 46.9. The predicted octanol–water partition coefficient (Wildman–Crippen LogP) is 3.98. The van der Waals surface area contributed by atoms with Crippen molar-refractivity contribution in [1.82, 2.24) is 24.1 Å². The van der Waals surface area contributed by atoms with E-state index in [0.29, 0.717) is 33.6 Å². The van der Waals surface area contributed by atoms with Crippen LogP contribution in [-0.2, 0) is 17.9 Å². The van der Waals surface area contributed by atoms with Gasteiger partial charge in [-0.3, -0.25) is 9.63 Å². The molecule has 0 radical (unpaired) electrons. The second-order valence-corrected chi connectivity index (χ2v) is 10.5. The fourth-order valence-electron chi connectivity index (χ4n) is 5.73. The number of methoxy groups -OCH3 is 1. The van der Waals surface area contributed by atoms with Crippen LogP contribution in [0.4, 0.5) is 19.3 Å². The van der Waals surface area contributed by atoms with Gasteiger partial charge in [0, 0.05) is 34.5 Å². The Hall–Kier alpha value is -5.27. The first-order valence-corrected chi connectivity index (χ1v) is 13.6. The summed E-state index contributed by atoms with van der Waals surface area (Å²) in [6.07, 6.45) is 0. The van der Waals surface area contributed by atoms with Gasteiger partial charge in [-0.25, -0.2) is 37.6 Å².